The monoisotopic (exact) mass is 1040 g/mol. The number of benzene rings is 10. The molecule has 11 heteroatoms. The van der Waals surface area contributed by atoms with E-state index in [2.05, 4.69) is 65.2 Å². The van der Waals surface area contributed by atoms with E-state index in [1.165, 1.54) is 0 Å². The summed E-state index contributed by atoms with van der Waals surface area (Å²) in [6, 6.07) is 89.1. The molecule has 0 fully saturated rings. The van der Waals surface area contributed by atoms with Gasteiger partial charge in [0.1, 0.15) is 0 Å². The minimum absolute atomic E-state index is 0.511. The lowest BCUT2D eigenvalue weighted by Crippen LogP contribution is -2.02. The van der Waals surface area contributed by atoms with Gasteiger partial charge in [-0.25, -0.2) is 44.9 Å². The minimum atomic E-state index is 0.511. The summed E-state index contributed by atoms with van der Waals surface area (Å²) in [7, 11) is 0. The van der Waals surface area contributed by atoms with Crippen molar-refractivity contribution in [3.63, 3.8) is 0 Å². The lowest BCUT2D eigenvalue weighted by Gasteiger charge is -2.17. The summed E-state index contributed by atoms with van der Waals surface area (Å²) in [6.45, 7) is 0. The van der Waals surface area contributed by atoms with E-state index in [0.29, 0.717) is 58.0 Å². The molecule has 378 valence electrons. The van der Waals surface area contributed by atoms with Crippen molar-refractivity contribution in [1.82, 2.24) is 49.4 Å². The fourth-order valence-corrected chi connectivity index (χ4v) is 10.2. The van der Waals surface area contributed by atoms with Gasteiger partial charge in [0.15, 0.2) is 52.4 Å². The topological polar surface area (TPSA) is 145 Å². The smallest absolute Gasteiger partial charge is 0.164 e. The third-order valence-electron chi connectivity index (χ3n) is 14.2. The van der Waals surface area contributed by atoms with Crippen molar-refractivity contribution in [2.45, 2.75) is 0 Å². The number of fused-ring (bicyclic) bond motifs is 3. The Morgan fingerprint density at radius 3 is 0.802 bits per heavy atom. The number of nitriles is 1. The molecule has 0 atom stereocenters. The highest BCUT2D eigenvalue weighted by Crippen LogP contribution is 2.41. The third kappa shape index (κ3) is 9.41. The van der Waals surface area contributed by atoms with Crippen LogP contribution in [-0.2, 0) is 0 Å². The van der Waals surface area contributed by atoms with Gasteiger partial charge < -0.3 is 4.57 Å². The average Bonchev–Trinajstić information content (AvgIpc) is 3.95. The van der Waals surface area contributed by atoms with Crippen LogP contribution >= 0.6 is 0 Å². The van der Waals surface area contributed by atoms with Crippen molar-refractivity contribution in [2.24, 2.45) is 0 Å². The van der Waals surface area contributed by atoms with Crippen LogP contribution in [-0.4, -0.2) is 49.4 Å². The largest absolute Gasteiger partial charge is 0.309 e. The lowest BCUT2D eigenvalue weighted by molar-refractivity contribution is 1.07. The van der Waals surface area contributed by atoms with Gasteiger partial charge in [0, 0.05) is 66.4 Å². The Morgan fingerprint density at radius 1 is 0.247 bits per heavy atom. The fourth-order valence-electron chi connectivity index (χ4n) is 10.2. The van der Waals surface area contributed by atoms with Gasteiger partial charge in [-0.3, -0.25) is 0 Å². The predicted octanol–water partition coefficient (Wildman–Crippen LogP) is 15.9. The summed E-state index contributed by atoms with van der Waals surface area (Å²) in [5.41, 5.74) is 12.7. The molecular formula is C70H43N11. The molecule has 0 aliphatic rings. The molecule has 0 saturated heterocycles. The highest BCUT2D eigenvalue weighted by molar-refractivity contribution is 6.12. The third-order valence-corrected chi connectivity index (χ3v) is 14.2. The molecule has 4 aromatic heterocycles. The summed E-state index contributed by atoms with van der Waals surface area (Å²) < 4.78 is 2.29. The average molecular weight is 1040 g/mol. The van der Waals surface area contributed by atoms with Gasteiger partial charge in [-0.1, -0.05) is 206 Å². The second-order valence-electron chi connectivity index (χ2n) is 19.3. The van der Waals surface area contributed by atoms with Crippen LogP contribution in [0.3, 0.4) is 0 Å². The molecule has 81 heavy (non-hydrogen) atoms. The molecule has 14 aromatic rings. The quantitative estimate of drug-likeness (QED) is 0.123. The fraction of sp³-hybridized carbons (Fsp3) is 0. The van der Waals surface area contributed by atoms with E-state index in [1.807, 2.05) is 206 Å². The normalized spacial score (nSPS) is 11.2. The van der Waals surface area contributed by atoms with Crippen LogP contribution in [0.2, 0.25) is 0 Å². The first-order valence-corrected chi connectivity index (χ1v) is 26.4. The molecule has 0 amide bonds. The van der Waals surface area contributed by atoms with Gasteiger partial charge >= 0.3 is 0 Å². The predicted molar refractivity (Wildman–Crippen MR) is 320 cm³/mol. The van der Waals surface area contributed by atoms with Gasteiger partial charge in [0.2, 0.25) is 0 Å². The van der Waals surface area contributed by atoms with Crippen LogP contribution < -0.4 is 0 Å². The first-order valence-electron chi connectivity index (χ1n) is 26.4. The molecule has 0 spiro atoms. The van der Waals surface area contributed by atoms with Gasteiger partial charge in [0.05, 0.1) is 28.4 Å². The molecule has 0 unspecified atom stereocenters. The molecule has 0 aliphatic heterocycles. The zero-order valence-corrected chi connectivity index (χ0v) is 43.2. The Kier molecular flexibility index (Phi) is 12.3. The van der Waals surface area contributed by atoms with Crippen molar-refractivity contribution >= 4 is 21.8 Å². The Morgan fingerprint density at radius 2 is 0.506 bits per heavy atom. The number of hydrogen-bond donors (Lipinski definition) is 0. The van der Waals surface area contributed by atoms with E-state index in [9.17, 15) is 5.26 Å². The van der Waals surface area contributed by atoms with E-state index < -0.39 is 0 Å². The first-order chi connectivity index (χ1) is 40.1. The SMILES string of the molecule is N#Cc1ccc(-c2ccc(-c3nc(-c4ccccc4)nc(-c4ccccc4)n3)cc2-n2c3ccc(-c4nc(-c5ccccc5)nc(-c5ccccc5)n4)cc3c3cc(-c4nc(-c5ccccc5)nc(-c5ccccc5)n4)ccc32)cc1. The van der Waals surface area contributed by atoms with Gasteiger partial charge in [-0.15, -0.1) is 0 Å². The molecule has 0 aliphatic carbocycles. The molecule has 14 rings (SSSR count). The van der Waals surface area contributed by atoms with Crippen molar-refractivity contribution in [1.29, 1.82) is 5.26 Å². The highest BCUT2D eigenvalue weighted by atomic mass is 15.1. The zero-order valence-electron chi connectivity index (χ0n) is 43.2. The summed E-state index contributed by atoms with van der Waals surface area (Å²) in [6.07, 6.45) is 0. The van der Waals surface area contributed by atoms with Crippen LogP contribution in [0, 0.1) is 11.3 Å². The molecule has 0 saturated carbocycles. The molecule has 4 heterocycles. The Labute approximate surface area is 466 Å². The molecule has 10 aromatic carbocycles. The van der Waals surface area contributed by atoms with Crippen molar-refractivity contribution in [3.8, 4) is 125 Å². The van der Waals surface area contributed by atoms with E-state index >= 15 is 0 Å². The van der Waals surface area contributed by atoms with Gasteiger partial charge in [-0.2, -0.15) is 5.26 Å². The Bertz CT molecular complexity index is 4310. The van der Waals surface area contributed by atoms with Crippen LogP contribution in [0.25, 0.3) is 141 Å². The lowest BCUT2D eigenvalue weighted by atomic mass is 9.99. The second kappa shape index (κ2) is 20.8. The van der Waals surface area contributed by atoms with Crippen molar-refractivity contribution in [3.05, 3.63) is 266 Å². The summed E-state index contributed by atoms with van der Waals surface area (Å²) in [4.78, 5) is 46.0. The summed E-state index contributed by atoms with van der Waals surface area (Å²) >= 11 is 0. The highest BCUT2D eigenvalue weighted by Gasteiger charge is 2.23. The maximum Gasteiger partial charge on any atom is 0.164 e. The number of rotatable bonds is 11. The maximum atomic E-state index is 9.92. The van der Waals surface area contributed by atoms with Crippen LogP contribution in [0.1, 0.15) is 5.56 Å². The standard InChI is InChI=1S/C70H43N11/c71-44-45-31-33-46(34-32-45)56-38-35-55(70-79-66(51-27-15-5-16-28-51)74-67(80-70)52-29-17-6-18-30-52)43-61(56)81-59-39-36-53(68-75-62(47-19-7-1-8-20-47)72-63(76-68)48-21-9-2-10-22-48)41-57(59)58-42-54(37-40-60(58)81)69-77-64(49-23-11-3-12-24-49)73-65(78-69)50-25-13-4-14-26-50/h1-43H. The number of nitrogens with zero attached hydrogens (tertiary/aromatic N) is 11. The van der Waals surface area contributed by atoms with Crippen molar-refractivity contribution < 1.29 is 0 Å². The maximum absolute atomic E-state index is 9.92. The molecular weight excluding hydrogens is 995 g/mol. The first kappa shape index (κ1) is 47.9. The van der Waals surface area contributed by atoms with E-state index in [4.69, 9.17) is 44.9 Å². The number of aromatic nitrogens is 10. The zero-order chi connectivity index (χ0) is 54.1. The molecule has 0 N–H and O–H groups in total. The molecule has 11 nitrogen and oxygen atoms in total. The summed E-state index contributed by atoms with van der Waals surface area (Å²) in [5.74, 6) is 4.94. The van der Waals surface area contributed by atoms with Crippen LogP contribution in [0.5, 0.6) is 0 Å². The molecule has 0 radical (unpaired) electrons. The van der Waals surface area contributed by atoms with Crippen LogP contribution in [0.15, 0.2) is 261 Å². The van der Waals surface area contributed by atoms with Gasteiger partial charge in [0.25, 0.3) is 0 Å². The Hall–Kier alpha value is -11.5. The molecule has 0 bridgehead atoms. The van der Waals surface area contributed by atoms with E-state index in [-0.39, 0.29) is 0 Å². The van der Waals surface area contributed by atoms with E-state index in [0.717, 1.165) is 88.7 Å². The van der Waals surface area contributed by atoms with Crippen molar-refractivity contribution in [2.75, 3.05) is 0 Å². The summed E-state index contributed by atoms with van der Waals surface area (Å²) in [5, 5.41) is 11.8. The Balaban J connectivity index is 1.03. The van der Waals surface area contributed by atoms with Gasteiger partial charge in [-0.05, 0) is 60.2 Å². The number of hydrogen-bond acceptors (Lipinski definition) is 10. The second-order valence-corrected chi connectivity index (χ2v) is 19.3. The van der Waals surface area contributed by atoms with E-state index in [1.54, 1.807) is 0 Å². The van der Waals surface area contributed by atoms with Crippen LogP contribution in [0.4, 0.5) is 0 Å². The minimum Gasteiger partial charge on any atom is -0.309 e.